The summed E-state index contributed by atoms with van der Waals surface area (Å²) in [6.45, 7) is 0.595. The van der Waals surface area contributed by atoms with Gasteiger partial charge in [0.25, 0.3) is 0 Å². The molecule has 0 saturated heterocycles. The van der Waals surface area contributed by atoms with Crippen molar-refractivity contribution in [2.75, 3.05) is 6.54 Å². The van der Waals surface area contributed by atoms with Crippen LogP contribution in [0.4, 0.5) is 0 Å². The van der Waals surface area contributed by atoms with Crippen molar-refractivity contribution < 1.29 is 5.11 Å². The maximum atomic E-state index is 10.7. The van der Waals surface area contributed by atoms with Crippen LogP contribution in [0.2, 0.25) is 0 Å². The molecule has 20 heavy (non-hydrogen) atoms. The van der Waals surface area contributed by atoms with Crippen LogP contribution in [-0.4, -0.2) is 11.7 Å². The fourth-order valence-corrected chi connectivity index (χ4v) is 3.13. The van der Waals surface area contributed by atoms with Gasteiger partial charge in [-0.2, -0.15) is 0 Å². The first kappa shape index (κ1) is 15.0. The van der Waals surface area contributed by atoms with E-state index in [9.17, 15) is 5.11 Å². The summed E-state index contributed by atoms with van der Waals surface area (Å²) in [5.74, 6) is 0.102. The molecule has 0 unspecified atom stereocenters. The first-order valence-electron chi connectivity index (χ1n) is 6.85. The van der Waals surface area contributed by atoms with E-state index in [4.69, 9.17) is 5.73 Å². The molecule has 0 fully saturated rings. The molecule has 3 N–H and O–H groups in total. The maximum absolute atomic E-state index is 10.7. The Morgan fingerprint density at radius 1 is 0.950 bits per heavy atom. The molecule has 3 rings (SSSR count). The highest BCUT2D eigenvalue weighted by atomic mass is 35.5. The van der Waals surface area contributed by atoms with Crippen LogP contribution < -0.4 is 5.73 Å². The maximum Gasteiger partial charge on any atom is 0.0861 e. The Labute approximate surface area is 126 Å². The fourth-order valence-electron chi connectivity index (χ4n) is 3.13. The topological polar surface area (TPSA) is 46.2 Å². The van der Waals surface area contributed by atoms with Gasteiger partial charge in [-0.15, -0.1) is 12.4 Å². The Morgan fingerprint density at radius 3 is 2.15 bits per heavy atom. The largest absolute Gasteiger partial charge is 0.388 e. The van der Waals surface area contributed by atoms with Crippen LogP contribution in [0.25, 0.3) is 0 Å². The van der Waals surface area contributed by atoms with E-state index in [2.05, 4.69) is 24.3 Å². The Kier molecular flexibility index (Phi) is 4.81. The van der Waals surface area contributed by atoms with Crippen LogP contribution in [0, 0.1) is 0 Å². The highest BCUT2D eigenvalue weighted by Crippen LogP contribution is 2.40. The van der Waals surface area contributed by atoms with Crippen molar-refractivity contribution in [3.63, 3.8) is 0 Å². The molecule has 2 nitrogen and oxygen atoms in total. The van der Waals surface area contributed by atoms with Gasteiger partial charge in [0, 0.05) is 5.92 Å². The van der Waals surface area contributed by atoms with Gasteiger partial charge in [0.05, 0.1) is 6.10 Å². The smallest absolute Gasteiger partial charge is 0.0861 e. The second-order valence-corrected chi connectivity index (χ2v) is 5.20. The Balaban J connectivity index is 0.00000147. The molecule has 0 aliphatic heterocycles. The SMILES string of the molecule is Cl.NCC[C@H]1c2ccccc2Cc2ccccc2[C@H]1O. The normalized spacial score (nSPS) is 20.3. The molecule has 2 aromatic rings. The lowest BCUT2D eigenvalue weighted by Crippen LogP contribution is -2.15. The third-order valence-corrected chi connectivity index (χ3v) is 4.07. The van der Waals surface area contributed by atoms with Crippen molar-refractivity contribution in [1.82, 2.24) is 0 Å². The molecule has 3 heteroatoms. The lowest BCUT2D eigenvalue weighted by molar-refractivity contribution is 0.141. The summed E-state index contributed by atoms with van der Waals surface area (Å²) in [6, 6.07) is 16.6. The number of benzene rings is 2. The van der Waals surface area contributed by atoms with Crippen molar-refractivity contribution >= 4 is 12.4 Å². The summed E-state index contributed by atoms with van der Waals surface area (Å²) in [4.78, 5) is 0. The van der Waals surface area contributed by atoms with Crippen molar-refractivity contribution in [2.45, 2.75) is 24.9 Å². The third kappa shape index (κ3) is 2.59. The Bertz CT molecular complexity index is 585. The van der Waals surface area contributed by atoms with Gasteiger partial charge in [0.1, 0.15) is 0 Å². The van der Waals surface area contributed by atoms with Crippen molar-refractivity contribution in [3.05, 3.63) is 70.8 Å². The van der Waals surface area contributed by atoms with Crippen LogP contribution >= 0.6 is 12.4 Å². The van der Waals surface area contributed by atoms with Crippen LogP contribution in [0.3, 0.4) is 0 Å². The molecule has 0 saturated carbocycles. The molecular weight excluding hydrogens is 270 g/mol. The monoisotopic (exact) mass is 289 g/mol. The molecule has 2 aromatic carbocycles. The van der Waals surface area contributed by atoms with E-state index in [1.54, 1.807) is 0 Å². The molecule has 0 spiro atoms. The second-order valence-electron chi connectivity index (χ2n) is 5.20. The standard InChI is InChI=1S/C17H19NO.ClH/c18-10-9-16-14-7-3-1-5-12(14)11-13-6-2-4-8-15(13)17(16)19;/h1-8,16-17,19H,9-11,18H2;1H/t16-,17+;/m0./s1. The van der Waals surface area contributed by atoms with Crippen molar-refractivity contribution in [3.8, 4) is 0 Å². The molecule has 0 aromatic heterocycles. The summed E-state index contributed by atoms with van der Waals surface area (Å²) >= 11 is 0. The molecule has 0 bridgehead atoms. The number of hydrogen-bond acceptors (Lipinski definition) is 2. The first-order valence-corrected chi connectivity index (χ1v) is 6.85. The van der Waals surface area contributed by atoms with Gasteiger partial charge in [0.2, 0.25) is 0 Å². The van der Waals surface area contributed by atoms with Gasteiger partial charge in [-0.3, -0.25) is 0 Å². The fraction of sp³-hybridized carbons (Fsp3) is 0.294. The van der Waals surface area contributed by atoms with Gasteiger partial charge in [-0.25, -0.2) is 0 Å². The second kappa shape index (κ2) is 6.40. The van der Waals surface area contributed by atoms with Crippen LogP contribution in [0.15, 0.2) is 48.5 Å². The quantitative estimate of drug-likeness (QED) is 0.892. The summed E-state index contributed by atoms with van der Waals surface area (Å²) in [7, 11) is 0. The van der Waals surface area contributed by atoms with Gasteiger partial charge in [-0.05, 0) is 41.6 Å². The summed E-state index contributed by atoms with van der Waals surface area (Å²) in [6.07, 6.45) is 1.25. The number of rotatable bonds is 2. The lowest BCUT2D eigenvalue weighted by Gasteiger charge is -2.23. The molecular formula is C17H20ClNO. The van der Waals surface area contributed by atoms with Crippen molar-refractivity contribution in [1.29, 1.82) is 0 Å². The molecule has 0 radical (unpaired) electrons. The minimum Gasteiger partial charge on any atom is -0.388 e. The molecule has 2 atom stereocenters. The number of halogens is 1. The molecule has 106 valence electrons. The lowest BCUT2D eigenvalue weighted by atomic mass is 9.86. The van der Waals surface area contributed by atoms with Crippen LogP contribution in [0.1, 0.15) is 40.7 Å². The number of nitrogens with two attached hydrogens (primary N) is 1. The molecule has 1 aliphatic carbocycles. The first-order chi connectivity index (χ1) is 9.31. The average molecular weight is 290 g/mol. The number of aliphatic hydroxyl groups excluding tert-OH is 1. The minimum absolute atomic E-state index is 0. The van der Waals surface area contributed by atoms with Crippen molar-refractivity contribution in [2.24, 2.45) is 5.73 Å². The molecule has 0 amide bonds. The number of aliphatic hydroxyl groups is 1. The summed E-state index contributed by atoms with van der Waals surface area (Å²) in [5, 5.41) is 10.7. The Morgan fingerprint density at radius 2 is 1.50 bits per heavy atom. The zero-order valence-corrected chi connectivity index (χ0v) is 12.1. The van der Waals surface area contributed by atoms with Crippen LogP contribution in [0.5, 0.6) is 0 Å². The van der Waals surface area contributed by atoms with E-state index >= 15 is 0 Å². The van der Waals surface area contributed by atoms with Crippen LogP contribution in [-0.2, 0) is 6.42 Å². The number of fused-ring (bicyclic) bond motifs is 2. The van der Waals surface area contributed by atoms with E-state index in [-0.39, 0.29) is 18.3 Å². The van der Waals surface area contributed by atoms with Gasteiger partial charge >= 0.3 is 0 Å². The van der Waals surface area contributed by atoms with E-state index in [0.717, 1.165) is 18.4 Å². The number of hydrogen-bond donors (Lipinski definition) is 2. The van der Waals surface area contributed by atoms with E-state index in [0.29, 0.717) is 6.54 Å². The molecule has 0 heterocycles. The van der Waals surface area contributed by atoms with Gasteiger partial charge < -0.3 is 10.8 Å². The highest BCUT2D eigenvalue weighted by molar-refractivity contribution is 5.85. The summed E-state index contributed by atoms with van der Waals surface area (Å²) < 4.78 is 0. The zero-order chi connectivity index (χ0) is 13.2. The third-order valence-electron chi connectivity index (χ3n) is 4.07. The molecule has 1 aliphatic rings. The zero-order valence-electron chi connectivity index (χ0n) is 11.3. The average Bonchev–Trinajstić information content (AvgIpc) is 2.56. The predicted molar refractivity (Wildman–Crippen MR) is 84.3 cm³/mol. The van der Waals surface area contributed by atoms with E-state index in [1.807, 2.05) is 24.3 Å². The van der Waals surface area contributed by atoms with E-state index < -0.39 is 6.10 Å². The van der Waals surface area contributed by atoms with E-state index in [1.165, 1.54) is 16.7 Å². The van der Waals surface area contributed by atoms with Gasteiger partial charge in [-0.1, -0.05) is 48.5 Å². The van der Waals surface area contributed by atoms with Gasteiger partial charge in [0.15, 0.2) is 0 Å². The summed E-state index contributed by atoms with van der Waals surface area (Å²) in [5.41, 5.74) is 10.6. The minimum atomic E-state index is -0.455. The predicted octanol–water partition coefficient (Wildman–Crippen LogP) is 3.18. The Hall–Kier alpha value is -1.35. The highest BCUT2D eigenvalue weighted by Gasteiger charge is 2.28.